The lowest BCUT2D eigenvalue weighted by molar-refractivity contribution is -0.191. The molecule has 0 unspecified atom stereocenters. The molecule has 0 spiro atoms. The molecule has 114 valence electrons. The van der Waals surface area contributed by atoms with Crippen molar-refractivity contribution in [2.24, 2.45) is 10.4 Å². The Balaban J connectivity index is 2.12. The molecule has 2 aromatic carbocycles. The Hall–Kier alpha value is -1.97. The molecule has 0 saturated carbocycles. The molecular weight excluding hydrogens is 274 g/mol. The van der Waals surface area contributed by atoms with Crippen molar-refractivity contribution in [3.63, 3.8) is 0 Å². The zero-order valence-corrected chi connectivity index (χ0v) is 13.2. The van der Waals surface area contributed by atoms with E-state index in [0.29, 0.717) is 11.3 Å². The standard InChI is InChI=1S/C19H21NO2/c1-18(2,3)17-20-16(14-10-6-4-7-11-14)19(21,22-17)15-12-8-5-9-13-15/h4-13,17,21H,1-3H3/t17-,19-/m1/s1. The van der Waals surface area contributed by atoms with E-state index in [2.05, 4.69) is 20.8 Å². The van der Waals surface area contributed by atoms with Crippen molar-refractivity contribution >= 4 is 5.71 Å². The molecule has 1 heterocycles. The fraction of sp³-hybridized carbons (Fsp3) is 0.316. The number of aliphatic imine (C=N–C) groups is 1. The van der Waals surface area contributed by atoms with E-state index >= 15 is 0 Å². The van der Waals surface area contributed by atoms with Gasteiger partial charge in [0.2, 0.25) is 5.79 Å². The average Bonchev–Trinajstić information content (AvgIpc) is 2.88. The first-order chi connectivity index (χ1) is 10.4. The lowest BCUT2D eigenvalue weighted by atomic mass is 9.95. The summed E-state index contributed by atoms with van der Waals surface area (Å²) in [6, 6.07) is 19.1. The van der Waals surface area contributed by atoms with Crippen molar-refractivity contribution in [3.05, 3.63) is 71.8 Å². The third-order valence-electron chi connectivity index (χ3n) is 3.80. The first-order valence-electron chi connectivity index (χ1n) is 7.51. The first kappa shape index (κ1) is 14.9. The van der Waals surface area contributed by atoms with E-state index in [0.717, 1.165) is 5.56 Å². The van der Waals surface area contributed by atoms with Crippen LogP contribution in [0.5, 0.6) is 0 Å². The van der Waals surface area contributed by atoms with Crippen LogP contribution < -0.4 is 0 Å². The number of hydrogen-bond acceptors (Lipinski definition) is 3. The minimum absolute atomic E-state index is 0.195. The SMILES string of the molecule is CC(C)(C)[C@@H]1N=C(c2ccccc2)[C@@](O)(c2ccccc2)O1. The van der Waals surface area contributed by atoms with Gasteiger partial charge in [-0.3, -0.25) is 4.99 Å². The van der Waals surface area contributed by atoms with Crippen molar-refractivity contribution in [3.8, 4) is 0 Å². The summed E-state index contributed by atoms with van der Waals surface area (Å²) in [5.41, 5.74) is 1.95. The monoisotopic (exact) mass is 295 g/mol. The maximum absolute atomic E-state index is 11.3. The Morgan fingerprint density at radius 3 is 2.05 bits per heavy atom. The Bertz CT molecular complexity index is 674. The quantitative estimate of drug-likeness (QED) is 0.917. The Morgan fingerprint density at radius 1 is 0.955 bits per heavy atom. The maximum Gasteiger partial charge on any atom is 0.239 e. The smallest absolute Gasteiger partial charge is 0.239 e. The van der Waals surface area contributed by atoms with Crippen molar-refractivity contribution in [2.75, 3.05) is 0 Å². The van der Waals surface area contributed by atoms with Gasteiger partial charge in [-0.05, 0) is 0 Å². The van der Waals surface area contributed by atoms with Crippen LogP contribution in [-0.4, -0.2) is 17.0 Å². The molecule has 1 aliphatic rings. The summed E-state index contributed by atoms with van der Waals surface area (Å²) < 4.78 is 6.02. The molecule has 0 radical (unpaired) electrons. The summed E-state index contributed by atoms with van der Waals surface area (Å²) in [5, 5.41) is 11.3. The maximum atomic E-state index is 11.3. The zero-order chi connectivity index (χ0) is 15.8. The number of benzene rings is 2. The van der Waals surface area contributed by atoms with Crippen molar-refractivity contribution < 1.29 is 9.84 Å². The van der Waals surface area contributed by atoms with Gasteiger partial charge in [0, 0.05) is 16.5 Å². The van der Waals surface area contributed by atoms with Gasteiger partial charge in [0.1, 0.15) is 5.71 Å². The third kappa shape index (κ3) is 2.58. The van der Waals surface area contributed by atoms with Gasteiger partial charge < -0.3 is 9.84 Å². The highest BCUT2D eigenvalue weighted by Crippen LogP contribution is 2.40. The Labute approximate surface area is 131 Å². The number of hydrogen-bond donors (Lipinski definition) is 1. The molecule has 0 saturated heterocycles. The van der Waals surface area contributed by atoms with Crippen LogP contribution >= 0.6 is 0 Å². The van der Waals surface area contributed by atoms with Gasteiger partial charge >= 0.3 is 0 Å². The van der Waals surface area contributed by atoms with Crippen LogP contribution in [0.15, 0.2) is 65.7 Å². The van der Waals surface area contributed by atoms with Crippen LogP contribution in [0.25, 0.3) is 0 Å². The summed E-state index contributed by atoms with van der Waals surface area (Å²) in [6.45, 7) is 6.17. The van der Waals surface area contributed by atoms with E-state index in [1.54, 1.807) is 0 Å². The first-order valence-corrected chi connectivity index (χ1v) is 7.51. The van der Waals surface area contributed by atoms with E-state index in [-0.39, 0.29) is 5.41 Å². The molecule has 3 heteroatoms. The van der Waals surface area contributed by atoms with Gasteiger partial charge in [-0.2, -0.15) is 0 Å². The van der Waals surface area contributed by atoms with Crippen LogP contribution in [-0.2, 0) is 10.5 Å². The lowest BCUT2D eigenvalue weighted by Gasteiger charge is -2.29. The lowest BCUT2D eigenvalue weighted by Crippen LogP contribution is -2.38. The molecule has 2 aromatic rings. The molecule has 0 aliphatic carbocycles. The van der Waals surface area contributed by atoms with Crippen LogP contribution in [0, 0.1) is 5.41 Å². The summed E-state index contributed by atoms with van der Waals surface area (Å²) in [7, 11) is 0. The van der Waals surface area contributed by atoms with Gasteiger partial charge in [0.25, 0.3) is 0 Å². The van der Waals surface area contributed by atoms with E-state index < -0.39 is 12.0 Å². The van der Waals surface area contributed by atoms with Gasteiger partial charge in [-0.1, -0.05) is 81.4 Å². The van der Waals surface area contributed by atoms with Crippen molar-refractivity contribution in [1.82, 2.24) is 0 Å². The van der Waals surface area contributed by atoms with E-state index in [1.807, 2.05) is 60.7 Å². The summed E-state index contributed by atoms with van der Waals surface area (Å²) >= 11 is 0. The van der Waals surface area contributed by atoms with Crippen LogP contribution in [0.1, 0.15) is 31.9 Å². The predicted molar refractivity (Wildman–Crippen MR) is 87.6 cm³/mol. The van der Waals surface area contributed by atoms with Gasteiger partial charge in [-0.15, -0.1) is 0 Å². The second kappa shape index (κ2) is 5.34. The fourth-order valence-electron chi connectivity index (χ4n) is 2.55. The molecule has 3 rings (SSSR count). The molecule has 2 atom stereocenters. The summed E-state index contributed by atoms with van der Waals surface area (Å²) in [4.78, 5) is 4.70. The van der Waals surface area contributed by atoms with Crippen molar-refractivity contribution in [2.45, 2.75) is 32.8 Å². The molecule has 3 nitrogen and oxygen atoms in total. The van der Waals surface area contributed by atoms with Crippen LogP contribution in [0.3, 0.4) is 0 Å². The zero-order valence-electron chi connectivity index (χ0n) is 13.2. The molecular formula is C19H21NO2. The van der Waals surface area contributed by atoms with Crippen LogP contribution in [0.2, 0.25) is 0 Å². The summed E-state index contributed by atoms with van der Waals surface area (Å²) in [6.07, 6.45) is -0.395. The van der Waals surface area contributed by atoms with Gasteiger partial charge in [-0.25, -0.2) is 0 Å². The van der Waals surface area contributed by atoms with Crippen LogP contribution in [0.4, 0.5) is 0 Å². The van der Waals surface area contributed by atoms with E-state index in [4.69, 9.17) is 9.73 Å². The molecule has 1 N–H and O–H groups in total. The highest BCUT2D eigenvalue weighted by atomic mass is 16.6. The molecule has 0 bridgehead atoms. The Kier molecular flexibility index (Phi) is 3.63. The highest BCUT2D eigenvalue weighted by Gasteiger charge is 2.48. The summed E-state index contributed by atoms with van der Waals surface area (Å²) in [5.74, 6) is -1.51. The molecule has 1 aliphatic heterocycles. The second-order valence-corrected chi connectivity index (χ2v) is 6.69. The van der Waals surface area contributed by atoms with E-state index in [9.17, 15) is 5.11 Å². The Morgan fingerprint density at radius 2 is 1.50 bits per heavy atom. The molecule has 0 aromatic heterocycles. The minimum Gasteiger partial charge on any atom is -0.357 e. The molecule has 0 fully saturated rings. The fourth-order valence-corrected chi connectivity index (χ4v) is 2.55. The minimum atomic E-state index is -1.51. The van der Waals surface area contributed by atoms with Gasteiger partial charge in [0.15, 0.2) is 6.23 Å². The van der Waals surface area contributed by atoms with E-state index in [1.165, 1.54) is 0 Å². The highest BCUT2D eigenvalue weighted by molar-refractivity contribution is 6.06. The second-order valence-electron chi connectivity index (χ2n) is 6.69. The average molecular weight is 295 g/mol. The van der Waals surface area contributed by atoms with Crippen molar-refractivity contribution in [1.29, 1.82) is 0 Å². The third-order valence-corrected chi connectivity index (χ3v) is 3.80. The normalized spacial score (nSPS) is 25.1. The number of ether oxygens (including phenoxy) is 1. The van der Waals surface area contributed by atoms with Gasteiger partial charge in [0.05, 0.1) is 0 Å². The topological polar surface area (TPSA) is 41.8 Å². The number of aliphatic hydroxyl groups is 1. The largest absolute Gasteiger partial charge is 0.357 e. The number of rotatable bonds is 2. The molecule has 0 amide bonds. The predicted octanol–water partition coefficient (Wildman–Crippen LogP) is 3.72. The number of nitrogens with zero attached hydrogens (tertiary/aromatic N) is 1. The molecule has 22 heavy (non-hydrogen) atoms.